The van der Waals surface area contributed by atoms with Gasteiger partial charge >= 0.3 is 0 Å². The van der Waals surface area contributed by atoms with E-state index >= 15 is 0 Å². The fraction of sp³-hybridized carbons (Fsp3) is 0.609. The molecule has 0 unspecified atom stereocenters. The molecule has 29 heavy (non-hydrogen) atoms. The monoisotopic (exact) mass is 396 g/mol. The number of hydrogen-bond donors (Lipinski definition) is 0. The number of likely N-dealkylation sites (tertiary alicyclic amines) is 2. The Kier molecular flexibility index (Phi) is 5.72. The van der Waals surface area contributed by atoms with Crippen LogP contribution in [0.3, 0.4) is 0 Å². The van der Waals surface area contributed by atoms with Gasteiger partial charge in [-0.1, -0.05) is 49.3 Å². The molecule has 2 aromatic rings. The lowest BCUT2D eigenvalue weighted by Crippen LogP contribution is -2.36. The topological polar surface area (TPSA) is 62.5 Å². The smallest absolute Gasteiger partial charge is 0.226 e. The molecule has 1 aromatic carbocycles. The average Bonchev–Trinajstić information content (AvgIpc) is 3.33. The van der Waals surface area contributed by atoms with Crippen LogP contribution in [0.5, 0.6) is 0 Å². The zero-order chi connectivity index (χ0) is 20.4. The summed E-state index contributed by atoms with van der Waals surface area (Å²) in [6.45, 7) is 10.4. The fourth-order valence-electron chi connectivity index (χ4n) is 5.03. The van der Waals surface area contributed by atoms with Gasteiger partial charge < -0.3 is 9.42 Å². The lowest BCUT2D eigenvalue weighted by molar-refractivity contribution is -0.128. The van der Waals surface area contributed by atoms with Gasteiger partial charge in [-0.05, 0) is 30.2 Å². The molecule has 1 amide bonds. The molecule has 0 bridgehead atoms. The van der Waals surface area contributed by atoms with Crippen LogP contribution < -0.4 is 0 Å². The maximum atomic E-state index is 12.0. The van der Waals surface area contributed by atoms with Crippen LogP contribution in [-0.2, 0) is 24.2 Å². The Bertz CT molecular complexity index is 834. The first-order valence-corrected chi connectivity index (χ1v) is 10.8. The van der Waals surface area contributed by atoms with E-state index in [1.54, 1.807) is 6.92 Å². The second-order valence-electron chi connectivity index (χ2n) is 9.32. The Hall–Kier alpha value is -2.21. The Morgan fingerprint density at radius 3 is 2.76 bits per heavy atom. The van der Waals surface area contributed by atoms with Crippen LogP contribution in [0, 0.1) is 17.3 Å². The number of aromatic nitrogens is 2. The van der Waals surface area contributed by atoms with Gasteiger partial charge in [-0.25, -0.2) is 0 Å². The number of carbonyl (C=O) groups is 1. The highest BCUT2D eigenvalue weighted by Crippen LogP contribution is 2.46. The normalized spacial score (nSPS) is 24.4. The molecule has 156 valence electrons. The van der Waals surface area contributed by atoms with E-state index in [9.17, 15) is 4.79 Å². The van der Waals surface area contributed by atoms with Crippen molar-refractivity contribution in [3.05, 3.63) is 47.6 Å². The Morgan fingerprint density at radius 1 is 1.24 bits per heavy atom. The highest BCUT2D eigenvalue weighted by atomic mass is 16.5. The molecule has 4 rings (SSSR count). The zero-order valence-corrected chi connectivity index (χ0v) is 17.8. The summed E-state index contributed by atoms with van der Waals surface area (Å²) in [4.78, 5) is 21.1. The lowest BCUT2D eigenvalue weighted by Gasteiger charge is -2.29. The van der Waals surface area contributed by atoms with E-state index in [-0.39, 0.29) is 11.3 Å². The maximum Gasteiger partial charge on any atom is 0.226 e. The Morgan fingerprint density at radius 2 is 2.03 bits per heavy atom. The largest absolute Gasteiger partial charge is 0.342 e. The van der Waals surface area contributed by atoms with Crippen molar-refractivity contribution in [1.82, 2.24) is 19.9 Å². The summed E-state index contributed by atoms with van der Waals surface area (Å²) < 4.78 is 5.42. The average molecular weight is 397 g/mol. The molecule has 0 saturated carbocycles. The van der Waals surface area contributed by atoms with Crippen molar-refractivity contribution >= 4 is 5.91 Å². The van der Waals surface area contributed by atoms with Gasteiger partial charge in [0.1, 0.15) is 0 Å². The minimum Gasteiger partial charge on any atom is -0.342 e. The first kappa shape index (κ1) is 20.1. The molecular weight excluding hydrogens is 364 g/mol. The molecule has 1 aromatic heterocycles. The molecule has 0 radical (unpaired) electrons. The number of amides is 1. The molecule has 6 nitrogen and oxygen atoms in total. The summed E-state index contributed by atoms with van der Waals surface area (Å²) in [6.07, 6.45) is 2.98. The Labute approximate surface area is 173 Å². The first-order valence-electron chi connectivity index (χ1n) is 10.8. The van der Waals surface area contributed by atoms with Crippen molar-refractivity contribution in [3.8, 4) is 0 Å². The summed E-state index contributed by atoms with van der Waals surface area (Å²) in [7, 11) is 0. The van der Waals surface area contributed by atoms with Crippen LogP contribution in [0.15, 0.2) is 34.9 Å². The van der Waals surface area contributed by atoms with E-state index < -0.39 is 0 Å². The van der Waals surface area contributed by atoms with Crippen molar-refractivity contribution in [1.29, 1.82) is 0 Å². The standard InChI is InChI=1S/C23H32N4O2/c1-17(2)11-22-24-21(25-29-22)14-26-12-20-13-27(18(3)28)16-23(20,15-26)10-9-19-7-5-4-6-8-19/h4-8,17,20H,9-16H2,1-3H3/t20-,23+/m0/s1. The van der Waals surface area contributed by atoms with E-state index in [2.05, 4.69) is 59.2 Å². The van der Waals surface area contributed by atoms with Crippen molar-refractivity contribution in [2.24, 2.45) is 17.3 Å². The van der Waals surface area contributed by atoms with Crippen molar-refractivity contribution in [3.63, 3.8) is 0 Å². The highest BCUT2D eigenvalue weighted by molar-refractivity contribution is 5.73. The molecule has 0 spiro atoms. The van der Waals surface area contributed by atoms with Gasteiger partial charge in [0.2, 0.25) is 11.8 Å². The number of rotatable bonds is 7. The molecule has 2 atom stereocenters. The van der Waals surface area contributed by atoms with E-state index in [1.807, 2.05) is 4.90 Å². The van der Waals surface area contributed by atoms with Gasteiger partial charge in [0.25, 0.3) is 0 Å². The van der Waals surface area contributed by atoms with Gasteiger partial charge in [-0.15, -0.1) is 0 Å². The van der Waals surface area contributed by atoms with Crippen LogP contribution in [0.25, 0.3) is 0 Å². The molecule has 2 saturated heterocycles. The zero-order valence-electron chi connectivity index (χ0n) is 17.8. The van der Waals surface area contributed by atoms with E-state index in [0.717, 1.165) is 63.7 Å². The third kappa shape index (κ3) is 4.53. The predicted octanol–water partition coefficient (Wildman–Crippen LogP) is 3.18. The molecule has 2 aliphatic rings. The van der Waals surface area contributed by atoms with Gasteiger partial charge in [-0.2, -0.15) is 4.98 Å². The van der Waals surface area contributed by atoms with Gasteiger partial charge in [0, 0.05) is 44.9 Å². The molecule has 0 N–H and O–H groups in total. The Balaban J connectivity index is 1.44. The SMILES string of the molecule is CC(=O)N1C[C@@H]2CN(Cc3noc(CC(C)C)n3)C[C@]2(CCc2ccccc2)C1. The fourth-order valence-corrected chi connectivity index (χ4v) is 5.03. The van der Waals surface area contributed by atoms with Gasteiger partial charge in [0.05, 0.1) is 6.54 Å². The summed E-state index contributed by atoms with van der Waals surface area (Å²) in [5.41, 5.74) is 1.53. The van der Waals surface area contributed by atoms with Crippen LogP contribution in [0.2, 0.25) is 0 Å². The number of nitrogens with zero attached hydrogens (tertiary/aromatic N) is 4. The summed E-state index contributed by atoms with van der Waals surface area (Å²) in [6, 6.07) is 10.7. The molecular formula is C23H32N4O2. The second kappa shape index (κ2) is 8.27. The number of carbonyl (C=O) groups excluding carboxylic acids is 1. The molecule has 0 aliphatic carbocycles. The van der Waals surface area contributed by atoms with Crippen LogP contribution in [0.4, 0.5) is 0 Å². The van der Waals surface area contributed by atoms with Crippen LogP contribution >= 0.6 is 0 Å². The van der Waals surface area contributed by atoms with Crippen LogP contribution in [-0.4, -0.2) is 52.0 Å². The third-order valence-corrected chi connectivity index (χ3v) is 6.49. The lowest BCUT2D eigenvalue weighted by atomic mass is 9.76. The number of aryl methyl sites for hydroxylation is 1. The molecule has 2 aliphatic heterocycles. The minimum absolute atomic E-state index is 0.159. The summed E-state index contributed by atoms with van der Waals surface area (Å²) in [5, 5.41) is 4.19. The van der Waals surface area contributed by atoms with E-state index in [0.29, 0.717) is 11.8 Å². The minimum atomic E-state index is 0.159. The number of hydrogen-bond acceptors (Lipinski definition) is 5. The summed E-state index contributed by atoms with van der Waals surface area (Å²) >= 11 is 0. The third-order valence-electron chi connectivity index (χ3n) is 6.49. The van der Waals surface area contributed by atoms with E-state index in [1.165, 1.54) is 5.56 Å². The van der Waals surface area contributed by atoms with Crippen molar-refractivity contribution in [2.75, 3.05) is 26.2 Å². The van der Waals surface area contributed by atoms with Gasteiger partial charge in [0.15, 0.2) is 5.82 Å². The predicted molar refractivity (Wildman–Crippen MR) is 111 cm³/mol. The quantitative estimate of drug-likeness (QED) is 0.719. The van der Waals surface area contributed by atoms with E-state index in [4.69, 9.17) is 4.52 Å². The number of fused-ring (bicyclic) bond motifs is 1. The molecule has 3 heterocycles. The second-order valence-corrected chi connectivity index (χ2v) is 9.32. The number of benzene rings is 1. The van der Waals surface area contributed by atoms with Gasteiger partial charge in [-0.3, -0.25) is 9.69 Å². The summed E-state index contributed by atoms with van der Waals surface area (Å²) in [5.74, 6) is 2.73. The van der Waals surface area contributed by atoms with Crippen molar-refractivity contribution < 1.29 is 9.32 Å². The first-order chi connectivity index (χ1) is 13.9. The highest BCUT2D eigenvalue weighted by Gasteiger charge is 2.52. The molecule has 6 heteroatoms. The maximum absolute atomic E-state index is 12.0. The van der Waals surface area contributed by atoms with Crippen molar-refractivity contribution in [2.45, 2.75) is 46.6 Å². The molecule has 2 fully saturated rings. The van der Waals surface area contributed by atoms with Crippen LogP contribution in [0.1, 0.15) is 44.5 Å².